The van der Waals surface area contributed by atoms with Crippen LogP contribution in [-0.2, 0) is 12.8 Å². The van der Waals surface area contributed by atoms with Crippen molar-refractivity contribution in [2.45, 2.75) is 25.8 Å². The fourth-order valence-electron chi connectivity index (χ4n) is 2.11. The lowest BCUT2D eigenvalue weighted by Crippen LogP contribution is -2.30. The van der Waals surface area contributed by atoms with Gasteiger partial charge in [-0.3, -0.25) is 11.3 Å². The summed E-state index contributed by atoms with van der Waals surface area (Å²) >= 11 is 0. The molecule has 19 heavy (non-hydrogen) atoms. The zero-order valence-corrected chi connectivity index (χ0v) is 10.6. The van der Waals surface area contributed by atoms with Crippen LogP contribution in [0.25, 0.3) is 0 Å². The second-order valence-corrected chi connectivity index (χ2v) is 4.32. The van der Waals surface area contributed by atoms with Gasteiger partial charge in [0.15, 0.2) is 11.6 Å². The van der Waals surface area contributed by atoms with Crippen molar-refractivity contribution in [3.05, 3.63) is 59.1 Å². The summed E-state index contributed by atoms with van der Waals surface area (Å²) in [6.07, 6.45) is 2.81. The predicted molar refractivity (Wildman–Crippen MR) is 68.2 cm³/mol. The fourth-order valence-corrected chi connectivity index (χ4v) is 2.11. The average Bonchev–Trinajstić information content (AvgIpc) is 2.88. The van der Waals surface area contributed by atoms with Crippen LogP contribution in [0.1, 0.15) is 29.9 Å². The first-order valence-corrected chi connectivity index (χ1v) is 6.12. The molecule has 1 atom stereocenters. The van der Waals surface area contributed by atoms with E-state index in [1.165, 1.54) is 6.07 Å². The van der Waals surface area contributed by atoms with E-state index < -0.39 is 11.6 Å². The van der Waals surface area contributed by atoms with E-state index in [-0.39, 0.29) is 6.04 Å². The summed E-state index contributed by atoms with van der Waals surface area (Å²) in [5.41, 5.74) is 4.30. The molecule has 2 rings (SSSR count). The number of hydrogen-bond acceptors (Lipinski definition) is 3. The van der Waals surface area contributed by atoms with E-state index in [9.17, 15) is 8.78 Å². The minimum Gasteiger partial charge on any atom is -0.469 e. The standard InChI is InChI=1S/C14H16F2N2O/c1-2-14-10(5-6-19-14)13(18-17)8-9-3-4-11(15)12(16)7-9/h3-7,13,18H,2,8,17H2,1H3. The van der Waals surface area contributed by atoms with E-state index in [0.717, 1.165) is 23.8 Å². The number of hydrazine groups is 1. The van der Waals surface area contributed by atoms with Gasteiger partial charge in [0.05, 0.1) is 12.3 Å². The highest BCUT2D eigenvalue weighted by Crippen LogP contribution is 2.23. The van der Waals surface area contributed by atoms with Crippen molar-refractivity contribution in [3.8, 4) is 0 Å². The molecule has 5 heteroatoms. The van der Waals surface area contributed by atoms with Gasteiger partial charge in [0.25, 0.3) is 0 Å². The molecule has 0 amide bonds. The molecule has 0 aliphatic rings. The van der Waals surface area contributed by atoms with Gasteiger partial charge in [-0.1, -0.05) is 13.0 Å². The number of benzene rings is 1. The third-order valence-corrected chi connectivity index (χ3v) is 3.10. The lowest BCUT2D eigenvalue weighted by atomic mass is 9.99. The zero-order chi connectivity index (χ0) is 13.8. The largest absolute Gasteiger partial charge is 0.469 e. The van der Waals surface area contributed by atoms with Crippen molar-refractivity contribution in [1.82, 2.24) is 5.43 Å². The Morgan fingerprint density at radius 1 is 1.26 bits per heavy atom. The molecule has 0 bridgehead atoms. The summed E-state index contributed by atoms with van der Waals surface area (Å²) in [6.45, 7) is 1.98. The summed E-state index contributed by atoms with van der Waals surface area (Å²) < 4.78 is 31.4. The van der Waals surface area contributed by atoms with Crippen molar-refractivity contribution < 1.29 is 13.2 Å². The Morgan fingerprint density at radius 3 is 2.68 bits per heavy atom. The number of rotatable bonds is 5. The van der Waals surface area contributed by atoms with Crippen molar-refractivity contribution in [2.75, 3.05) is 0 Å². The fraction of sp³-hybridized carbons (Fsp3) is 0.286. The van der Waals surface area contributed by atoms with Crippen LogP contribution >= 0.6 is 0 Å². The van der Waals surface area contributed by atoms with Gasteiger partial charge >= 0.3 is 0 Å². The Kier molecular flexibility index (Phi) is 4.29. The average molecular weight is 266 g/mol. The van der Waals surface area contributed by atoms with E-state index in [4.69, 9.17) is 10.3 Å². The van der Waals surface area contributed by atoms with Crippen molar-refractivity contribution >= 4 is 0 Å². The molecule has 0 saturated carbocycles. The highest BCUT2D eigenvalue weighted by molar-refractivity contribution is 5.26. The summed E-state index contributed by atoms with van der Waals surface area (Å²) in [4.78, 5) is 0. The summed E-state index contributed by atoms with van der Waals surface area (Å²) in [6, 6.07) is 5.50. The Labute approximate surface area is 110 Å². The van der Waals surface area contributed by atoms with Gasteiger partial charge < -0.3 is 4.42 Å². The van der Waals surface area contributed by atoms with Crippen LogP contribution in [0.2, 0.25) is 0 Å². The molecule has 0 radical (unpaired) electrons. The minimum atomic E-state index is -0.851. The topological polar surface area (TPSA) is 51.2 Å². The highest BCUT2D eigenvalue weighted by atomic mass is 19.2. The normalized spacial score (nSPS) is 12.6. The number of aryl methyl sites for hydroxylation is 1. The Hall–Kier alpha value is -1.72. The van der Waals surface area contributed by atoms with Crippen LogP contribution in [0.4, 0.5) is 8.78 Å². The molecule has 0 saturated heterocycles. The van der Waals surface area contributed by atoms with Crippen LogP contribution < -0.4 is 11.3 Å². The third-order valence-electron chi connectivity index (χ3n) is 3.10. The minimum absolute atomic E-state index is 0.196. The maximum absolute atomic E-state index is 13.2. The molecule has 2 aromatic rings. The molecule has 0 fully saturated rings. The smallest absolute Gasteiger partial charge is 0.159 e. The summed E-state index contributed by atoms with van der Waals surface area (Å²) in [5, 5.41) is 0. The van der Waals surface area contributed by atoms with Gasteiger partial charge in [0.1, 0.15) is 5.76 Å². The molecule has 1 heterocycles. The number of nitrogens with one attached hydrogen (secondary N) is 1. The molecule has 0 aliphatic heterocycles. The zero-order valence-electron chi connectivity index (χ0n) is 10.6. The van der Waals surface area contributed by atoms with Gasteiger partial charge in [0, 0.05) is 12.0 Å². The number of halogens is 2. The van der Waals surface area contributed by atoms with E-state index >= 15 is 0 Å². The maximum Gasteiger partial charge on any atom is 0.159 e. The Balaban J connectivity index is 2.21. The Bertz CT molecular complexity index is 554. The summed E-state index contributed by atoms with van der Waals surface area (Å²) in [7, 11) is 0. The molecule has 102 valence electrons. The molecule has 1 unspecified atom stereocenters. The number of furan rings is 1. The molecule has 0 spiro atoms. The monoisotopic (exact) mass is 266 g/mol. The lowest BCUT2D eigenvalue weighted by Gasteiger charge is -2.16. The first-order valence-electron chi connectivity index (χ1n) is 6.12. The third kappa shape index (κ3) is 3.00. The molecular formula is C14H16F2N2O. The van der Waals surface area contributed by atoms with Crippen LogP contribution in [-0.4, -0.2) is 0 Å². The number of hydrogen-bond donors (Lipinski definition) is 2. The maximum atomic E-state index is 13.2. The molecule has 1 aromatic carbocycles. The highest BCUT2D eigenvalue weighted by Gasteiger charge is 2.17. The first-order chi connectivity index (χ1) is 9.15. The van der Waals surface area contributed by atoms with Gasteiger partial charge in [-0.25, -0.2) is 8.78 Å². The quantitative estimate of drug-likeness (QED) is 0.646. The second-order valence-electron chi connectivity index (χ2n) is 4.32. The van der Waals surface area contributed by atoms with Crippen molar-refractivity contribution in [2.24, 2.45) is 5.84 Å². The van der Waals surface area contributed by atoms with E-state index in [2.05, 4.69) is 5.43 Å². The number of nitrogens with two attached hydrogens (primary N) is 1. The van der Waals surface area contributed by atoms with E-state index in [1.807, 2.05) is 13.0 Å². The predicted octanol–water partition coefficient (Wildman–Crippen LogP) is 2.87. The second kappa shape index (κ2) is 5.95. The van der Waals surface area contributed by atoms with Crippen molar-refractivity contribution in [1.29, 1.82) is 0 Å². The van der Waals surface area contributed by atoms with Crippen molar-refractivity contribution in [3.63, 3.8) is 0 Å². The van der Waals surface area contributed by atoms with E-state index in [0.29, 0.717) is 12.0 Å². The lowest BCUT2D eigenvalue weighted by molar-refractivity contribution is 0.484. The van der Waals surface area contributed by atoms with Crippen LogP contribution in [0, 0.1) is 11.6 Å². The van der Waals surface area contributed by atoms with Gasteiger partial charge in [-0.05, 0) is 30.2 Å². The molecule has 3 nitrogen and oxygen atoms in total. The molecule has 1 aromatic heterocycles. The van der Waals surface area contributed by atoms with Crippen LogP contribution in [0.3, 0.4) is 0 Å². The molecule has 3 N–H and O–H groups in total. The summed E-state index contributed by atoms with van der Waals surface area (Å²) in [5.74, 6) is 4.68. The molecular weight excluding hydrogens is 250 g/mol. The molecule has 0 aliphatic carbocycles. The van der Waals surface area contributed by atoms with Gasteiger partial charge in [0.2, 0.25) is 0 Å². The van der Waals surface area contributed by atoms with E-state index in [1.54, 1.807) is 12.3 Å². The first kappa shape index (κ1) is 13.7. The van der Waals surface area contributed by atoms with Gasteiger partial charge in [-0.15, -0.1) is 0 Å². The SMILES string of the molecule is CCc1occc1C(Cc1ccc(F)c(F)c1)NN. The Morgan fingerprint density at radius 2 is 2.05 bits per heavy atom. The van der Waals surface area contributed by atoms with Crippen LogP contribution in [0.15, 0.2) is 34.9 Å². The van der Waals surface area contributed by atoms with Gasteiger partial charge in [-0.2, -0.15) is 0 Å². The van der Waals surface area contributed by atoms with Crippen LogP contribution in [0.5, 0.6) is 0 Å².